The van der Waals surface area contributed by atoms with Crippen LogP contribution >= 0.6 is 0 Å². The largest absolute Gasteiger partial charge is 0.354 e. The highest BCUT2D eigenvalue weighted by Gasteiger charge is 2.20. The first-order valence-corrected chi connectivity index (χ1v) is 7.57. The highest BCUT2D eigenvalue weighted by atomic mass is 15.3. The highest BCUT2D eigenvalue weighted by Crippen LogP contribution is 2.33. The number of nitrogens with one attached hydrogen (secondary N) is 2. The lowest BCUT2D eigenvalue weighted by molar-refractivity contribution is 0.684. The molecule has 1 aliphatic rings. The summed E-state index contributed by atoms with van der Waals surface area (Å²) >= 11 is 0. The van der Waals surface area contributed by atoms with Crippen LogP contribution in [-0.2, 0) is 0 Å². The van der Waals surface area contributed by atoms with Gasteiger partial charge in [0.2, 0.25) is 17.8 Å². The van der Waals surface area contributed by atoms with Gasteiger partial charge in [0.25, 0.3) is 0 Å². The van der Waals surface area contributed by atoms with Crippen molar-refractivity contribution in [2.24, 2.45) is 5.92 Å². The van der Waals surface area contributed by atoms with E-state index in [0.717, 1.165) is 25.4 Å². The normalized spacial score (nSPS) is 14.1. The molecule has 7 nitrogen and oxygen atoms in total. The quantitative estimate of drug-likeness (QED) is 0.724. The van der Waals surface area contributed by atoms with Gasteiger partial charge in [-0.3, -0.25) is 4.57 Å². The van der Waals surface area contributed by atoms with Gasteiger partial charge in [-0.15, -0.1) is 0 Å². The standard InChI is InChI=1S/C14H21N7/c1-2-16-12-18-13(17-7-3-4-11-5-6-11)20-14(19-12)21-9-8-15-10-21/h8-11H,2-7H2,1H3,(H2,16,17,18,19,20). The van der Waals surface area contributed by atoms with Crippen molar-refractivity contribution < 1.29 is 0 Å². The lowest BCUT2D eigenvalue weighted by Gasteiger charge is -2.09. The van der Waals surface area contributed by atoms with Gasteiger partial charge < -0.3 is 10.6 Å². The van der Waals surface area contributed by atoms with Crippen molar-refractivity contribution in [3.63, 3.8) is 0 Å². The van der Waals surface area contributed by atoms with Crippen LogP contribution in [0, 0.1) is 5.92 Å². The Hall–Kier alpha value is -2.18. The van der Waals surface area contributed by atoms with Gasteiger partial charge in [0.05, 0.1) is 0 Å². The van der Waals surface area contributed by atoms with Crippen LogP contribution in [-0.4, -0.2) is 37.6 Å². The fourth-order valence-electron chi connectivity index (χ4n) is 2.17. The Labute approximate surface area is 124 Å². The summed E-state index contributed by atoms with van der Waals surface area (Å²) in [5.74, 6) is 2.73. The predicted octanol–water partition coefficient (Wildman–Crippen LogP) is 2.09. The Morgan fingerprint density at radius 1 is 1.19 bits per heavy atom. The summed E-state index contributed by atoms with van der Waals surface area (Å²) in [4.78, 5) is 17.2. The van der Waals surface area contributed by atoms with Crippen LogP contribution in [0.4, 0.5) is 11.9 Å². The molecule has 1 saturated carbocycles. The maximum absolute atomic E-state index is 4.44. The summed E-state index contributed by atoms with van der Waals surface area (Å²) in [6, 6.07) is 0. The molecular formula is C14H21N7. The molecule has 1 fully saturated rings. The van der Waals surface area contributed by atoms with Crippen molar-refractivity contribution in [3.05, 3.63) is 18.7 Å². The second-order valence-corrected chi connectivity index (χ2v) is 5.30. The summed E-state index contributed by atoms with van der Waals surface area (Å²) in [6.45, 7) is 3.69. The van der Waals surface area contributed by atoms with E-state index < -0.39 is 0 Å². The molecule has 7 heteroatoms. The molecule has 0 atom stereocenters. The third kappa shape index (κ3) is 3.90. The molecule has 1 aliphatic carbocycles. The molecule has 2 aromatic rings. The number of imidazole rings is 1. The lowest BCUT2D eigenvalue weighted by atomic mass is 10.2. The smallest absolute Gasteiger partial charge is 0.241 e. The maximum atomic E-state index is 4.44. The molecule has 3 rings (SSSR count). The topological polar surface area (TPSA) is 80.5 Å². The van der Waals surface area contributed by atoms with E-state index in [2.05, 4.69) is 30.6 Å². The first-order valence-electron chi connectivity index (χ1n) is 7.57. The molecule has 0 aromatic carbocycles. The molecule has 0 radical (unpaired) electrons. The van der Waals surface area contributed by atoms with Crippen molar-refractivity contribution in [1.29, 1.82) is 0 Å². The fraction of sp³-hybridized carbons (Fsp3) is 0.571. The monoisotopic (exact) mass is 287 g/mol. The van der Waals surface area contributed by atoms with Gasteiger partial charge in [0, 0.05) is 25.5 Å². The molecule has 2 heterocycles. The summed E-state index contributed by atoms with van der Waals surface area (Å²) in [5.41, 5.74) is 0. The zero-order valence-corrected chi connectivity index (χ0v) is 12.3. The van der Waals surface area contributed by atoms with E-state index in [1.54, 1.807) is 17.1 Å². The van der Waals surface area contributed by atoms with Gasteiger partial charge in [-0.2, -0.15) is 15.0 Å². The SMILES string of the molecule is CCNc1nc(NCCCC2CC2)nc(-n2ccnc2)n1. The predicted molar refractivity (Wildman–Crippen MR) is 81.6 cm³/mol. The number of nitrogens with zero attached hydrogens (tertiary/aromatic N) is 5. The van der Waals surface area contributed by atoms with Gasteiger partial charge in [-0.05, 0) is 25.7 Å². The van der Waals surface area contributed by atoms with E-state index >= 15 is 0 Å². The van der Waals surface area contributed by atoms with Crippen LogP contribution in [0.15, 0.2) is 18.7 Å². The second-order valence-electron chi connectivity index (χ2n) is 5.30. The number of anilines is 2. The van der Waals surface area contributed by atoms with Gasteiger partial charge in [-0.1, -0.05) is 12.8 Å². The Morgan fingerprint density at radius 2 is 2.00 bits per heavy atom. The first-order chi connectivity index (χ1) is 10.3. The van der Waals surface area contributed by atoms with Gasteiger partial charge in [0.15, 0.2) is 0 Å². The minimum absolute atomic E-state index is 0.572. The molecule has 112 valence electrons. The molecule has 0 saturated heterocycles. The maximum Gasteiger partial charge on any atom is 0.241 e. The van der Waals surface area contributed by atoms with Crippen molar-refractivity contribution in [3.8, 4) is 5.95 Å². The summed E-state index contributed by atoms with van der Waals surface area (Å²) in [6.07, 6.45) is 10.5. The number of hydrogen-bond acceptors (Lipinski definition) is 6. The third-order valence-corrected chi connectivity index (χ3v) is 3.46. The average molecular weight is 287 g/mol. The summed E-state index contributed by atoms with van der Waals surface area (Å²) in [5, 5.41) is 6.43. The van der Waals surface area contributed by atoms with Gasteiger partial charge >= 0.3 is 0 Å². The van der Waals surface area contributed by atoms with Crippen LogP contribution in [0.25, 0.3) is 5.95 Å². The molecule has 21 heavy (non-hydrogen) atoms. The molecule has 2 aromatic heterocycles. The van der Waals surface area contributed by atoms with E-state index in [4.69, 9.17) is 0 Å². The van der Waals surface area contributed by atoms with Gasteiger partial charge in [0.1, 0.15) is 6.33 Å². The Morgan fingerprint density at radius 3 is 2.67 bits per heavy atom. The van der Waals surface area contributed by atoms with E-state index in [1.807, 2.05) is 13.1 Å². The molecule has 0 amide bonds. The Bertz CT molecular complexity index is 563. The molecule has 2 N–H and O–H groups in total. The molecule has 0 bridgehead atoms. The molecule has 0 aliphatic heterocycles. The molecule has 0 unspecified atom stereocenters. The van der Waals surface area contributed by atoms with Crippen molar-refractivity contribution in [1.82, 2.24) is 24.5 Å². The van der Waals surface area contributed by atoms with Crippen LogP contribution in [0.1, 0.15) is 32.6 Å². The molecule has 0 spiro atoms. The van der Waals surface area contributed by atoms with Crippen LogP contribution in [0.5, 0.6) is 0 Å². The Balaban J connectivity index is 1.68. The zero-order valence-electron chi connectivity index (χ0n) is 12.3. The van der Waals surface area contributed by atoms with Crippen LogP contribution in [0.2, 0.25) is 0 Å². The van der Waals surface area contributed by atoms with Crippen molar-refractivity contribution in [2.45, 2.75) is 32.6 Å². The third-order valence-electron chi connectivity index (χ3n) is 3.46. The lowest BCUT2D eigenvalue weighted by Crippen LogP contribution is -2.12. The highest BCUT2D eigenvalue weighted by molar-refractivity contribution is 5.37. The number of aromatic nitrogens is 5. The van der Waals surface area contributed by atoms with Crippen molar-refractivity contribution in [2.75, 3.05) is 23.7 Å². The first kappa shape index (κ1) is 13.8. The van der Waals surface area contributed by atoms with Crippen LogP contribution in [0.3, 0.4) is 0 Å². The average Bonchev–Trinajstić information content (AvgIpc) is 3.14. The van der Waals surface area contributed by atoms with Crippen LogP contribution < -0.4 is 10.6 Å². The Kier molecular flexibility index (Phi) is 4.28. The number of hydrogen-bond donors (Lipinski definition) is 2. The fourth-order valence-corrected chi connectivity index (χ4v) is 2.17. The number of rotatable bonds is 8. The van der Waals surface area contributed by atoms with E-state index in [9.17, 15) is 0 Å². The van der Waals surface area contributed by atoms with E-state index in [-0.39, 0.29) is 0 Å². The van der Waals surface area contributed by atoms with E-state index in [1.165, 1.54) is 19.3 Å². The minimum atomic E-state index is 0.572. The van der Waals surface area contributed by atoms with E-state index in [0.29, 0.717) is 17.8 Å². The summed E-state index contributed by atoms with van der Waals surface area (Å²) < 4.78 is 1.78. The zero-order chi connectivity index (χ0) is 14.5. The minimum Gasteiger partial charge on any atom is -0.354 e. The molecular weight excluding hydrogens is 266 g/mol. The second kappa shape index (κ2) is 6.51. The van der Waals surface area contributed by atoms with Crippen molar-refractivity contribution >= 4 is 11.9 Å². The summed E-state index contributed by atoms with van der Waals surface area (Å²) in [7, 11) is 0. The van der Waals surface area contributed by atoms with Gasteiger partial charge in [-0.25, -0.2) is 4.98 Å².